The number of aryl methyl sites for hydroxylation is 2. The second-order valence-corrected chi connectivity index (χ2v) is 8.19. The number of hydrogen-bond donors (Lipinski definition) is 2. The number of rotatable bonds is 5. The van der Waals surface area contributed by atoms with Gasteiger partial charge in [-0.1, -0.05) is 48.5 Å². The van der Waals surface area contributed by atoms with Gasteiger partial charge in [0.25, 0.3) is 5.91 Å². The minimum absolute atomic E-state index is 0.0869. The van der Waals surface area contributed by atoms with Gasteiger partial charge < -0.3 is 15.3 Å². The van der Waals surface area contributed by atoms with Crippen molar-refractivity contribution in [2.45, 2.75) is 13.8 Å². The summed E-state index contributed by atoms with van der Waals surface area (Å²) in [5.74, 6) is -0.508. The Bertz CT molecular complexity index is 1380. The van der Waals surface area contributed by atoms with E-state index in [1.54, 1.807) is 12.1 Å². The van der Waals surface area contributed by atoms with Gasteiger partial charge in [0.05, 0.1) is 28.3 Å². The lowest BCUT2D eigenvalue weighted by Gasteiger charge is -2.18. The van der Waals surface area contributed by atoms with Crippen LogP contribution in [0.5, 0.6) is 5.75 Å². The number of azo groups is 1. The van der Waals surface area contributed by atoms with Crippen molar-refractivity contribution in [2.75, 3.05) is 24.3 Å². The lowest BCUT2D eigenvalue weighted by Crippen LogP contribution is -2.16. The number of nitrogens with one attached hydrogen (secondary N) is 1. The van der Waals surface area contributed by atoms with Crippen LogP contribution in [0.1, 0.15) is 21.5 Å². The van der Waals surface area contributed by atoms with Crippen LogP contribution in [0, 0.1) is 13.8 Å². The Balaban J connectivity index is 1.79. The summed E-state index contributed by atoms with van der Waals surface area (Å²) in [7, 11) is 3.81. The van der Waals surface area contributed by atoms with E-state index in [9.17, 15) is 9.90 Å². The van der Waals surface area contributed by atoms with Crippen LogP contribution in [0.4, 0.5) is 22.7 Å². The molecule has 166 valence electrons. The van der Waals surface area contributed by atoms with Crippen molar-refractivity contribution in [1.29, 1.82) is 0 Å². The summed E-state index contributed by atoms with van der Waals surface area (Å²) in [5, 5.41) is 24.0. The van der Waals surface area contributed by atoms with Crippen molar-refractivity contribution in [3.8, 4) is 5.75 Å². The van der Waals surface area contributed by atoms with Gasteiger partial charge in [-0.05, 0) is 49.2 Å². The molecule has 0 heterocycles. The highest BCUT2D eigenvalue weighted by atomic mass is 16.3. The SMILES string of the molecule is Cc1ccc(C)c(N=Nc2cc(C(=O)Nc3ccccc3N(C)C)c(O)c3ccccc23)c1. The first-order chi connectivity index (χ1) is 15.8. The maximum absolute atomic E-state index is 13.2. The minimum Gasteiger partial charge on any atom is -0.506 e. The van der Waals surface area contributed by atoms with E-state index >= 15 is 0 Å². The predicted octanol–water partition coefficient (Wildman–Crippen LogP) is 6.90. The Morgan fingerprint density at radius 2 is 1.52 bits per heavy atom. The first-order valence-electron chi connectivity index (χ1n) is 10.7. The van der Waals surface area contributed by atoms with Gasteiger partial charge in [0.15, 0.2) is 0 Å². The molecule has 33 heavy (non-hydrogen) atoms. The number of carbonyl (C=O) groups excluding carboxylic acids is 1. The van der Waals surface area contributed by atoms with E-state index < -0.39 is 5.91 Å². The fourth-order valence-electron chi connectivity index (χ4n) is 3.69. The van der Waals surface area contributed by atoms with Gasteiger partial charge in [0.2, 0.25) is 0 Å². The van der Waals surface area contributed by atoms with Gasteiger partial charge in [-0.25, -0.2) is 0 Å². The van der Waals surface area contributed by atoms with Crippen molar-refractivity contribution in [1.82, 2.24) is 0 Å². The van der Waals surface area contributed by atoms with Crippen LogP contribution in [-0.2, 0) is 0 Å². The van der Waals surface area contributed by atoms with Gasteiger partial charge in [-0.2, -0.15) is 5.11 Å². The van der Waals surface area contributed by atoms with Gasteiger partial charge >= 0.3 is 0 Å². The molecule has 0 bridgehead atoms. The summed E-state index contributed by atoms with van der Waals surface area (Å²) < 4.78 is 0. The van der Waals surface area contributed by atoms with Crippen LogP contribution in [0.3, 0.4) is 0 Å². The molecule has 0 saturated heterocycles. The summed E-state index contributed by atoms with van der Waals surface area (Å²) in [6.07, 6.45) is 0. The number of para-hydroxylation sites is 2. The minimum atomic E-state index is -0.421. The summed E-state index contributed by atoms with van der Waals surface area (Å²) in [6, 6.07) is 22.4. The van der Waals surface area contributed by atoms with E-state index in [4.69, 9.17) is 0 Å². The number of aromatic hydroxyl groups is 1. The van der Waals surface area contributed by atoms with Gasteiger partial charge in [-0.15, -0.1) is 5.11 Å². The van der Waals surface area contributed by atoms with E-state index in [0.717, 1.165) is 22.5 Å². The van der Waals surface area contributed by atoms with E-state index in [0.29, 0.717) is 22.1 Å². The Kier molecular flexibility index (Phi) is 6.09. The highest BCUT2D eigenvalue weighted by Crippen LogP contribution is 2.38. The molecule has 0 fully saturated rings. The number of carbonyl (C=O) groups is 1. The zero-order valence-electron chi connectivity index (χ0n) is 19.1. The summed E-state index contributed by atoms with van der Waals surface area (Å²) >= 11 is 0. The third-order valence-corrected chi connectivity index (χ3v) is 5.50. The average molecular weight is 439 g/mol. The van der Waals surface area contributed by atoms with E-state index in [-0.39, 0.29) is 11.3 Å². The molecule has 0 aliphatic carbocycles. The molecular formula is C27H26N4O2. The summed E-state index contributed by atoms with van der Waals surface area (Å²) in [4.78, 5) is 15.1. The number of amides is 1. The van der Waals surface area contributed by atoms with Crippen LogP contribution in [0.25, 0.3) is 10.8 Å². The van der Waals surface area contributed by atoms with E-state index in [2.05, 4.69) is 15.5 Å². The molecule has 1 amide bonds. The number of phenols is 1. The van der Waals surface area contributed by atoms with Crippen LogP contribution in [0.2, 0.25) is 0 Å². The van der Waals surface area contributed by atoms with Crippen molar-refractivity contribution < 1.29 is 9.90 Å². The third-order valence-electron chi connectivity index (χ3n) is 5.50. The standard InChI is InChI=1S/C27H26N4O2/c1-17-13-14-18(2)23(15-17)29-30-24-16-21(26(32)20-10-6-5-9-19(20)24)27(33)28-22-11-7-8-12-25(22)31(3)4/h5-16,32H,1-4H3,(H,28,33). The molecule has 0 aliphatic rings. The Morgan fingerprint density at radius 3 is 2.27 bits per heavy atom. The van der Waals surface area contributed by atoms with Crippen LogP contribution in [-0.4, -0.2) is 25.1 Å². The molecule has 0 radical (unpaired) electrons. The van der Waals surface area contributed by atoms with Crippen molar-refractivity contribution in [2.24, 2.45) is 10.2 Å². The Hall–Kier alpha value is -4.19. The second kappa shape index (κ2) is 9.12. The Labute approximate surface area is 193 Å². The molecule has 4 aromatic carbocycles. The van der Waals surface area contributed by atoms with Crippen LogP contribution in [0.15, 0.2) is 83.0 Å². The number of hydrogen-bond acceptors (Lipinski definition) is 5. The lowest BCUT2D eigenvalue weighted by atomic mass is 10.0. The number of nitrogens with zero attached hydrogens (tertiary/aromatic N) is 3. The summed E-state index contributed by atoms with van der Waals surface area (Å²) in [5.41, 5.74) is 5.01. The highest BCUT2D eigenvalue weighted by molar-refractivity contribution is 6.13. The normalized spacial score (nSPS) is 11.2. The quantitative estimate of drug-likeness (QED) is 0.333. The third kappa shape index (κ3) is 4.55. The monoisotopic (exact) mass is 438 g/mol. The highest BCUT2D eigenvalue weighted by Gasteiger charge is 2.18. The summed E-state index contributed by atoms with van der Waals surface area (Å²) in [6.45, 7) is 3.98. The molecular weight excluding hydrogens is 412 g/mol. The molecule has 2 N–H and O–H groups in total. The number of anilines is 2. The molecule has 0 unspecified atom stereocenters. The van der Waals surface area contributed by atoms with Crippen molar-refractivity contribution >= 4 is 39.4 Å². The smallest absolute Gasteiger partial charge is 0.259 e. The number of phenolic OH excluding ortho intramolecular Hbond substituents is 1. The lowest BCUT2D eigenvalue weighted by molar-refractivity contribution is 0.102. The molecule has 0 atom stereocenters. The molecule has 4 rings (SSSR count). The van der Waals surface area contributed by atoms with Gasteiger partial charge in [-0.3, -0.25) is 4.79 Å². The molecule has 0 saturated carbocycles. The second-order valence-electron chi connectivity index (χ2n) is 8.19. The predicted molar refractivity (Wildman–Crippen MR) is 134 cm³/mol. The van der Waals surface area contributed by atoms with Gasteiger partial charge in [0, 0.05) is 24.9 Å². The topological polar surface area (TPSA) is 77.3 Å². The van der Waals surface area contributed by atoms with Crippen LogP contribution < -0.4 is 10.2 Å². The first kappa shape index (κ1) is 22.0. The fraction of sp³-hybridized carbons (Fsp3) is 0.148. The molecule has 0 aliphatic heterocycles. The van der Waals surface area contributed by atoms with Crippen molar-refractivity contribution in [3.05, 3.63) is 89.5 Å². The largest absolute Gasteiger partial charge is 0.506 e. The maximum atomic E-state index is 13.2. The zero-order chi connectivity index (χ0) is 23.5. The molecule has 0 spiro atoms. The zero-order valence-corrected chi connectivity index (χ0v) is 19.1. The van der Waals surface area contributed by atoms with Crippen molar-refractivity contribution in [3.63, 3.8) is 0 Å². The number of fused-ring (bicyclic) bond motifs is 1. The van der Waals surface area contributed by atoms with Gasteiger partial charge in [0.1, 0.15) is 5.75 Å². The van der Waals surface area contributed by atoms with E-state index in [1.807, 2.05) is 93.5 Å². The van der Waals surface area contributed by atoms with Crippen LogP contribution >= 0.6 is 0 Å². The maximum Gasteiger partial charge on any atom is 0.259 e. The number of benzene rings is 4. The fourth-order valence-corrected chi connectivity index (χ4v) is 3.69. The molecule has 4 aromatic rings. The molecule has 6 nitrogen and oxygen atoms in total. The Morgan fingerprint density at radius 1 is 0.848 bits per heavy atom. The van der Waals surface area contributed by atoms with E-state index in [1.165, 1.54) is 0 Å². The molecule has 6 heteroatoms. The first-order valence-corrected chi connectivity index (χ1v) is 10.7. The molecule has 0 aromatic heterocycles. The average Bonchev–Trinajstić information content (AvgIpc) is 2.81.